The van der Waals surface area contributed by atoms with Gasteiger partial charge in [0.25, 0.3) is 0 Å². The highest BCUT2D eigenvalue weighted by Crippen LogP contribution is 2.13. The molecule has 7 nitrogen and oxygen atoms in total. The van der Waals surface area contributed by atoms with E-state index in [1.807, 2.05) is 0 Å². The van der Waals surface area contributed by atoms with Crippen LogP contribution in [0.25, 0.3) is 0 Å². The molecule has 1 fully saturated rings. The Bertz CT molecular complexity index is 503. The number of amides is 4. The summed E-state index contributed by atoms with van der Waals surface area (Å²) < 4.78 is 0. The molecule has 0 aromatic heterocycles. The van der Waals surface area contributed by atoms with Crippen LogP contribution in [-0.4, -0.2) is 41.1 Å². The van der Waals surface area contributed by atoms with Crippen LogP contribution in [0, 0.1) is 0 Å². The van der Waals surface area contributed by atoms with Gasteiger partial charge in [0.1, 0.15) is 0 Å². The first kappa shape index (κ1) is 12.9. The van der Waals surface area contributed by atoms with Gasteiger partial charge in [-0.1, -0.05) is 30.3 Å². The van der Waals surface area contributed by atoms with Crippen LogP contribution in [0.5, 0.6) is 0 Å². The summed E-state index contributed by atoms with van der Waals surface area (Å²) in [5.41, 5.74) is 0.447. The van der Waals surface area contributed by atoms with Gasteiger partial charge in [0.2, 0.25) is 0 Å². The van der Waals surface area contributed by atoms with E-state index in [2.05, 4.69) is 10.6 Å². The minimum atomic E-state index is -1.18. The molecule has 100 valence electrons. The predicted molar refractivity (Wildman–Crippen MR) is 65.5 cm³/mol. The van der Waals surface area contributed by atoms with E-state index in [1.54, 1.807) is 30.3 Å². The second-order valence-electron chi connectivity index (χ2n) is 4.01. The van der Waals surface area contributed by atoms with Crippen molar-refractivity contribution in [1.82, 2.24) is 15.5 Å². The number of carbonyl (C=O) groups is 3. The van der Waals surface area contributed by atoms with Crippen molar-refractivity contribution in [3.05, 3.63) is 35.9 Å². The fourth-order valence-electron chi connectivity index (χ4n) is 1.80. The standard InChI is InChI=1S/C12H13N3O4/c16-10(17)9(8-4-2-1-3-5-8)14-12(19)15-7-6-13-11(15)18/h1-5,9H,6-7H2,(H,13,18)(H,14,19)(H,16,17). The van der Waals surface area contributed by atoms with Crippen molar-refractivity contribution in [1.29, 1.82) is 0 Å². The van der Waals surface area contributed by atoms with Crippen molar-refractivity contribution in [3.63, 3.8) is 0 Å². The fraction of sp³-hybridized carbons (Fsp3) is 0.250. The van der Waals surface area contributed by atoms with E-state index < -0.39 is 24.1 Å². The van der Waals surface area contributed by atoms with E-state index in [-0.39, 0.29) is 6.54 Å². The van der Waals surface area contributed by atoms with Crippen molar-refractivity contribution < 1.29 is 19.5 Å². The van der Waals surface area contributed by atoms with Crippen molar-refractivity contribution in [3.8, 4) is 0 Å². The zero-order chi connectivity index (χ0) is 13.8. The Morgan fingerprint density at radius 3 is 2.53 bits per heavy atom. The molecular weight excluding hydrogens is 250 g/mol. The maximum atomic E-state index is 11.8. The number of rotatable bonds is 3. The quantitative estimate of drug-likeness (QED) is 0.741. The molecule has 1 aliphatic heterocycles. The third-order valence-corrected chi connectivity index (χ3v) is 2.75. The highest BCUT2D eigenvalue weighted by Gasteiger charge is 2.30. The van der Waals surface area contributed by atoms with Crippen LogP contribution < -0.4 is 10.6 Å². The number of carbonyl (C=O) groups excluding carboxylic acids is 2. The molecule has 1 saturated heterocycles. The monoisotopic (exact) mass is 263 g/mol. The molecular formula is C12H13N3O4. The number of nitrogens with one attached hydrogen (secondary N) is 2. The van der Waals surface area contributed by atoms with Crippen LogP contribution in [-0.2, 0) is 4.79 Å². The molecule has 0 saturated carbocycles. The van der Waals surface area contributed by atoms with Gasteiger partial charge < -0.3 is 15.7 Å². The number of imide groups is 1. The number of carboxylic acid groups (broad SMARTS) is 1. The van der Waals surface area contributed by atoms with Gasteiger partial charge in [-0.25, -0.2) is 19.3 Å². The average molecular weight is 263 g/mol. The van der Waals surface area contributed by atoms with Gasteiger partial charge in [-0.15, -0.1) is 0 Å². The van der Waals surface area contributed by atoms with E-state index in [0.717, 1.165) is 4.90 Å². The largest absolute Gasteiger partial charge is 0.479 e. The molecule has 1 aromatic carbocycles. The Balaban J connectivity index is 2.12. The summed E-state index contributed by atoms with van der Waals surface area (Å²) >= 11 is 0. The molecule has 0 aliphatic carbocycles. The van der Waals surface area contributed by atoms with Crippen LogP contribution >= 0.6 is 0 Å². The van der Waals surface area contributed by atoms with Crippen LogP contribution in [0.15, 0.2) is 30.3 Å². The summed E-state index contributed by atoms with van der Waals surface area (Å²) in [6.45, 7) is 0.598. The summed E-state index contributed by atoms with van der Waals surface area (Å²) in [5, 5.41) is 14.0. The molecule has 1 aliphatic rings. The van der Waals surface area contributed by atoms with E-state index >= 15 is 0 Å². The number of hydrogen-bond donors (Lipinski definition) is 3. The maximum Gasteiger partial charge on any atom is 0.330 e. The Morgan fingerprint density at radius 1 is 1.32 bits per heavy atom. The van der Waals surface area contributed by atoms with Crippen LogP contribution in [0.4, 0.5) is 9.59 Å². The lowest BCUT2D eigenvalue weighted by atomic mass is 10.1. The summed E-state index contributed by atoms with van der Waals surface area (Å²) in [7, 11) is 0. The maximum absolute atomic E-state index is 11.8. The van der Waals surface area contributed by atoms with Crippen molar-refractivity contribution in [2.24, 2.45) is 0 Å². The molecule has 4 amide bonds. The first-order valence-corrected chi connectivity index (χ1v) is 5.73. The number of aliphatic carboxylic acids is 1. The van der Waals surface area contributed by atoms with Gasteiger partial charge in [0.05, 0.1) is 0 Å². The van der Waals surface area contributed by atoms with Crippen LogP contribution in [0.3, 0.4) is 0 Å². The summed E-state index contributed by atoms with van der Waals surface area (Å²) in [5.74, 6) is -1.18. The Labute approximate surface area is 109 Å². The molecule has 19 heavy (non-hydrogen) atoms. The minimum Gasteiger partial charge on any atom is -0.479 e. The zero-order valence-corrected chi connectivity index (χ0v) is 10.00. The number of nitrogens with zero attached hydrogens (tertiary/aromatic N) is 1. The lowest BCUT2D eigenvalue weighted by molar-refractivity contribution is -0.139. The lowest BCUT2D eigenvalue weighted by Gasteiger charge is -2.18. The van der Waals surface area contributed by atoms with Gasteiger partial charge in [-0.05, 0) is 5.56 Å². The van der Waals surface area contributed by atoms with Gasteiger partial charge in [-0.2, -0.15) is 0 Å². The molecule has 0 radical (unpaired) electrons. The van der Waals surface area contributed by atoms with Gasteiger partial charge in [0, 0.05) is 13.1 Å². The highest BCUT2D eigenvalue weighted by atomic mass is 16.4. The second kappa shape index (κ2) is 5.38. The number of carboxylic acids is 1. The van der Waals surface area contributed by atoms with Gasteiger partial charge in [-0.3, -0.25) is 0 Å². The average Bonchev–Trinajstić information content (AvgIpc) is 2.82. The van der Waals surface area contributed by atoms with Crippen LogP contribution in [0.1, 0.15) is 11.6 Å². The zero-order valence-electron chi connectivity index (χ0n) is 10.00. The number of hydrogen-bond acceptors (Lipinski definition) is 3. The van der Waals surface area contributed by atoms with Crippen LogP contribution in [0.2, 0.25) is 0 Å². The van der Waals surface area contributed by atoms with E-state index in [9.17, 15) is 14.4 Å². The second-order valence-corrected chi connectivity index (χ2v) is 4.01. The molecule has 3 N–H and O–H groups in total. The fourth-order valence-corrected chi connectivity index (χ4v) is 1.80. The molecule has 7 heteroatoms. The minimum absolute atomic E-state index is 0.228. The van der Waals surface area contributed by atoms with Crippen molar-refractivity contribution >= 4 is 18.0 Å². The lowest BCUT2D eigenvalue weighted by Crippen LogP contribution is -2.45. The first-order chi connectivity index (χ1) is 9.09. The normalized spacial score (nSPS) is 15.8. The molecule has 1 aromatic rings. The van der Waals surface area contributed by atoms with Crippen molar-refractivity contribution in [2.45, 2.75) is 6.04 Å². The SMILES string of the molecule is O=C(O)C(NC(=O)N1CCNC1=O)c1ccccc1. The molecule has 1 atom stereocenters. The Hall–Kier alpha value is -2.57. The van der Waals surface area contributed by atoms with E-state index in [1.165, 1.54) is 0 Å². The summed E-state index contributed by atoms with van der Waals surface area (Å²) in [6, 6.07) is 5.90. The van der Waals surface area contributed by atoms with Gasteiger partial charge >= 0.3 is 18.0 Å². The smallest absolute Gasteiger partial charge is 0.330 e. The highest BCUT2D eigenvalue weighted by molar-refractivity contribution is 5.96. The predicted octanol–water partition coefficient (Wildman–Crippen LogP) is 0.547. The van der Waals surface area contributed by atoms with E-state index in [4.69, 9.17) is 5.11 Å². The molecule has 1 unspecified atom stereocenters. The first-order valence-electron chi connectivity index (χ1n) is 5.73. The van der Waals surface area contributed by atoms with Crippen molar-refractivity contribution in [2.75, 3.05) is 13.1 Å². The Kier molecular flexibility index (Phi) is 3.65. The third kappa shape index (κ3) is 2.82. The summed E-state index contributed by atoms with van der Waals surface area (Å²) in [6.07, 6.45) is 0. The molecule has 2 rings (SSSR count). The Morgan fingerprint density at radius 2 is 2.00 bits per heavy atom. The molecule has 0 spiro atoms. The van der Waals surface area contributed by atoms with E-state index in [0.29, 0.717) is 12.1 Å². The molecule has 0 bridgehead atoms. The topological polar surface area (TPSA) is 98.7 Å². The number of urea groups is 2. The summed E-state index contributed by atoms with van der Waals surface area (Å²) in [4.78, 5) is 35.3. The van der Waals surface area contributed by atoms with Gasteiger partial charge in [0.15, 0.2) is 6.04 Å². The number of benzene rings is 1. The molecule has 1 heterocycles. The third-order valence-electron chi connectivity index (χ3n) is 2.75.